The number of nitrogens with zero attached hydrogens (tertiary/aromatic N) is 1. The van der Waals surface area contributed by atoms with Gasteiger partial charge in [-0.3, -0.25) is 4.79 Å². The zero-order valence-corrected chi connectivity index (χ0v) is 11.7. The van der Waals surface area contributed by atoms with Gasteiger partial charge in [0, 0.05) is 13.1 Å². The summed E-state index contributed by atoms with van der Waals surface area (Å²) in [7, 11) is 0. The average Bonchev–Trinajstić information content (AvgIpc) is 2.36. The smallest absolute Gasteiger partial charge is 0.228 e. The van der Waals surface area contributed by atoms with Crippen molar-refractivity contribution in [3.63, 3.8) is 0 Å². The molecule has 0 aromatic carbocycles. The van der Waals surface area contributed by atoms with Gasteiger partial charge in [-0.25, -0.2) is 0 Å². The number of β-amino-alcohol motifs (C(OH)–C–C–N with tert-alkyl or cyclic N) is 1. The van der Waals surface area contributed by atoms with Gasteiger partial charge in [0.25, 0.3) is 0 Å². The predicted molar refractivity (Wildman–Crippen MR) is 72.4 cm³/mol. The molecule has 4 aliphatic carbocycles. The Morgan fingerprint density at radius 3 is 2.16 bits per heavy atom. The lowest BCUT2D eigenvalue weighted by molar-refractivity contribution is -0.160. The number of carbonyl (C=O) groups is 1. The minimum absolute atomic E-state index is 0.0220. The van der Waals surface area contributed by atoms with Crippen LogP contribution in [0.2, 0.25) is 0 Å². The number of aliphatic hydroxyl groups is 1. The minimum Gasteiger partial charge on any atom is -0.391 e. The first-order chi connectivity index (χ1) is 9.14. The lowest BCUT2D eigenvalue weighted by Crippen LogP contribution is -2.56. The van der Waals surface area contributed by atoms with E-state index in [9.17, 15) is 9.90 Å². The SMILES string of the molecule is O=C(N1CCCC(O)C1)C12CC3CC(CC(C3)C1)C2. The van der Waals surface area contributed by atoms with E-state index in [0.717, 1.165) is 56.4 Å². The van der Waals surface area contributed by atoms with Gasteiger partial charge in [-0.1, -0.05) is 0 Å². The van der Waals surface area contributed by atoms with E-state index < -0.39 is 0 Å². The highest BCUT2D eigenvalue weighted by Crippen LogP contribution is 2.60. The number of amides is 1. The van der Waals surface area contributed by atoms with E-state index in [2.05, 4.69) is 0 Å². The van der Waals surface area contributed by atoms with Crippen LogP contribution in [0.15, 0.2) is 0 Å². The van der Waals surface area contributed by atoms with E-state index in [1.54, 1.807) is 0 Å². The molecule has 4 bridgehead atoms. The Bertz CT molecular complexity index is 357. The number of hydrogen-bond acceptors (Lipinski definition) is 2. The molecule has 0 spiro atoms. The van der Waals surface area contributed by atoms with E-state index in [0.29, 0.717) is 12.5 Å². The zero-order chi connectivity index (χ0) is 13.0. The summed E-state index contributed by atoms with van der Waals surface area (Å²) in [6.45, 7) is 1.46. The Labute approximate surface area is 115 Å². The fourth-order valence-corrected chi connectivity index (χ4v) is 5.85. The monoisotopic (exact) mass is 263 g/mol. The third kappa shape index (κ3) is 1.93. The van der Waals surface area contributed by atoms with Gasteiger partial charge in [-0.2, -0.15) is 0 Å². The topological polar surface area (TPSA) is 40.5 Å². The van der Waals surface area contributed by atoms with Crippen LogP contribution >= 0.6 is 0 Å². The summed E-state index contributed by atoms with van der Waals surface area (Å²) in [6.07, 6.45) is 9.13. The summed E-state index contributed by atoms with van der Waals surface area (Å²) in [4.78, 5) is 15.0. The molecule has 0 aromatic rings. The first-order valence-corrected chi connectivity index (χ1v) is 8.12. The molecule has 5 rings (SSSR count). The number of hydrogen-bond donors (Lipinski definition) is 1. The summed E-state index contributed by atoms with van der Waals surface area (Å²) in [5.74, 6) is 2.87. The normalized spacial score (nSPS) is 48.6. The highest BCUT2D eigenvalue weighted by atomic mass is 16.3. The summed E-state index contributed by atoms with van der Waals surface area (Å²) in [5.41, 5.74) is -0.0220. The van der Waals surface area contributed by atoms with E-state index in [1.807, 2.05) is 4.90 Å². The van der Waals surface area contributed by atoms with Crippen molar-refractivity contribution in [2.75, 3.05) is 13.1 Å². The van der Waals surface area contributed by atoms with Crippen LogP contribution in [0.4, 0.5) is 0 Å². The molecule has 4 saturated carbocycles. The molecule has 0 aromatic heterocycles. The van der Waals surface area contributed by atoms with Crippen molar-refractivity contribution in [2.45, 2.75) is 57.5 Å². The van der Waals surface area contributed by atoms with Crippen LogP contribution in [-0.4, -0.2) is 35.1 Å². The van der Waals surface area contributed by atoms with Crippen molar-refractivity contribution in [1.29, 1.82) is 0 Å². The minimum atomic E-state index is -0.286. The van der Waals surface area contributed by atoms with Gasteiger partial charge in [-0.05, 0) is 69.1 Å². The van der Waals surface area contributed by atoms with Crippen LogP contribution in [0.25, 0.3) is 0 Å². The predicted octanol–water partition coefficient (Wildman–Crippen LogP) is 2.19. The average molecular weight is 263 g/mol. The molecule has 1 unspecified atom stereocenters. The molecule has 1 N–H and O–H groups in total. The number of likely N-dealkylation sites (tertiary alicyclic amines) is 1. The second-order valence-electron chi connectivity index (χ2n) is 7.75. The maximum absolute atomic E-state index is 13.0. The van der Waals surface area contributed by atoms with Gasteiger partial charge < -0.3 is 10.0 Å². The Hall–Kier alpha value is -0.570. The van der Waals surface area contributed by atoms with Gasteiger partial charge in [0.05, 0.1) is 11.5 Å². The van der Waals surface area contributed by atoms with E-state index in [-0.39, 0.29) is 11.5 Å². The van der Waals surface area contributed by atoms with E-state index in [4.69, 9.17) is 0 Å². The molecule has 5 aliphatic rings. The first-order valence-electron chi connectivity index (χ1n) is 8.12. The van der Waals surface area contributed by atoms with Crippen molar-refractivity contribution >= 4 is 5.91 Å². The number of aliphatic hydroxyl groups excluding tert-OH is 1. The molecular weight excluding hydrogens is 238 g/mol. The Balaban J connectivity index is 1.56. The summed E-state index contributed by atoms with van der Waals surface area (Å²) < 4.78 is 0. The summed E-state index contributed by atoms with van der Waals surface area (Å²) in [6, 6.07) is 0. The van der Waals surface area contributed by atoms with E-state index in [1.165, 1.54) is 19.3 Å². The van der Waals surface area contributed by atoms with Gasteiger partial charge >= 0.3 is 0 Å². The molecule has 3 nitrogen and oxygen atoms in total. The van der Waals surface area contributed by atoms with Crippen LogP contribution in [0.5, 0.6) is 0 Å². The third-order valence-corrected chi connectivity index (χ3v) is 6.18. The third-order valence-electron chi connectivity index (χ3n) is 6.18. The fourth-order valence-electron chi connectivity index (χ4n) is 5.85. The number of rotatable bonds is 1. The van der Waals surface area contributed by atoms with Crippen LogP contribution < -0.4 is 0 Å². The number of carbonyl (C=O) groups excluding carboxylic acids is 1. The molecule has 3 heteroatoms. The molecule has 1 atom stereocenters. The van der Waals surface area contributed by atoms with Crippen LogP contribution in [0.3, 0.4) is 0 Å². The molecule has 1 amide bonds. The quantitative estimate of drug-likeness (QED) is 0.788. The summed E-state index contributed by atoms with van der Waals surface area (Å²) in [5, 5.41) is 9.82. The first kappa shape index (κ1) is 12.2. The molecule has 1 heterocycles. The molecule has 0 radical (unpaired) electrons. The largest absolute Gasteiger partial charge is 0.391 e. The molecule has 19 heavy (non-hydrogen) atoms. The van der Waals surface area contributed by atoms with Crippen molar-refractivity contribution in [3.8, 4) is 0 Å². The maximum atomic E-state index is 13.0. The Morgan fingerprint density at radius 2 is 1.63 bits per heavy atom. The standard InChI is InChI=1S/C16H25NO2/c18-14-2-1-3-17(10-14)15(19)16-7-11-4-12(8-16)6-13(5-11)9-16/h11-14,18H,1-10H2. The van der Waals surface area contributed by atoms with Crippen molar-refractivity contribution in [1.82, 2.24) is 4.90 Å². The second kappa shape index (κ2) is 4.21. The molecule has 1 saturated heterocycles. The second-order valence-corrected chi connectivity index (χ2v) is 7.75. The number of piperidine rings is 1. The molecule has 1 aliphatic heterocycles. The van der Waals surface area contributed by atoms with Gasteiger partial charge in [-0.15, -0.1) is 0 Å². The van der Waals surface area contributed by atoms with Crippen molar-refractivity contribution < 1.29 is 9.90 Å². The molecule has 5 fully saturated rings. The van der Waals surface area contributed by atoms with Crippen LogP contribution in [0.1, 0.15) is 51.4 Å². The Morgan fingerprint density at radius 1 is 1.05 bits per heavy atom. The highest BCUT2D eigenvalue weighted by Gasteiger charge is 2.55. The van der Waals surface area contributed by atoms with Gasteiger partial charge in [0.2, 0.25) is 5.91 Å². The van der Waals surface area contributed by atoms with Crippen LogP contribution in [-0.2, 0) is 4.79 Å². The molecule has 106 valence electrons. The maximum Gasteiger partial charge on any atom is 0.228 e. The fraction of sp³-hybridized carbons (Fsp3) is 0.938. The summed E-state index contributed by atoms with van der Waals surface area (Å²) >= 11 is 0. The van der Waals surface area contributed by atoms with Crippen molar-refractivity contribution in [3.05, 3.63) is 0 Å². The van der Waals surface area contributed by atoms with Gasteiger partial charge in [0.15, 0.2) is 0 Å². The van der Waals surface area contributed by atoms with Gasteiger partial charge in [0.1, 0.15) is 0 Å². The lowest BCUT2D eigenvalue weighted by Gasteiger charge is -2.57. The Kier molecular flexibility index (Phi) is 2.70. The zero-order valence-electron chi connectivity index (χ0n) is 11.7. The highest BCUT2D eigenvalue weighted by molar-refractivity contribution is 5.83. The van der Waals surface area contributed by atoms with E-state index >= 15 is 0 Å². The lowest BCUT2D eigenvalue weighted by atomic mass is 9.49. The van der Waals surface area contributed by atoms with Crippen molar-refractivity contribution in [2.24, 2.45) is 23.2 Å². The molecular formula is C16H25NO2. The van der Waals surface area contributed by atoms with Crippen LogP contribution in [0, 0.1) is 23.2 Å².